The molecule has 6 nitrogen and oxygen atoms in total. The molecular formula is C31H20N4O2. The van der Waals surface area contributed by atoms with Crippen molar-refractivity contribution in [1.29, 1.82) is 0 Å². The van der Waals surface area contributed by atoms with Crippen molar-refractivity contribution in [2.24, 2.45) is 0 Å². The Balaban J connectivity index is 1.33. The number of para-hydroxylation sites is 3. The Bertz CT molecular complexity index is 1940. The summed E-state index contributed by atoms with van der Waals surface area (Å²) in [7, 11) is 0. The Labute approximate surface area is 212 Å². The Morgan fingerprint density at radius 2 is 1.41 bits per heavy atom. The van der Waals surface area contributed by atoms with Crippen LogP contribution in [0.4, 0.5) is 0 Å². The van der Waals surface area contributed by atoms with Crippen LogP contribution in [0.15, 0.2) is 115 Å². The molecule has 176 valence electrons. The third kappa shape index (κ3) is 3.72. The topological polar surface area (TPSA) is 73.1 Å². The van der Waals surface area contributed by atoms with Crippen LogP contribution in [0, 0.1) is 0 Å². The normalized spacial score (nSPS) is 11.4. The number of ether oxygens (including phenoxy) is 1. The van der Waals surface area contributed by atoms with E-state index < -0.39 is 0 Å². The van der Waals surface area contributed by atoms with Gasteiger partial charge in [0.1, 0.15) is 11.6 Å². The van der Waals surface area contributed by atoms with Crippen molar-refractivity contribution in [3.63, 3.8) is 0 Å². The lowest BCUT2D eigenvalue weighted by Gasteiger charge is -2.13. The SMILES string of the molecule is Oc1nc2ccccc2n1-c1cc2ccccc2c(Oc2cccc(-c3ccc4ccccc4n3)c2)n1. The second-order valence-corrected chi connectivity index (χ2v) is 8.76. The molecule has 0 bridgehead atoms. The van der Waals surface area contributed by atoms with E-state index in [0.717, 1.165) is 38.4 Å². The summed E-state index contributed by atoms with van der Waals surface area (Å²) in [6.45, 7) is 0. The fraction of sp³-hybridized carbons (Fsp3) is 0. The zero-order chi connectivity index (χ0) is 24.8. The lowest BCUT2D eigenvalue weighted by Crippen LogP contribution is -2.00. The highest BCUT2D eigenvalue weighted by Crippen LogP contribution is 2.34. The van der Waals surface area contributed by atoms with Gasteiger partial charge in [0.25, 0.3) is 0 Å². The van der Waals surface area contributed by atoms with Gasteiger partial charge in [-0.3, -0.25) is 0 Å². The molecule has 7 aromatic rings. The third-order valence-corrected chi connectivity index (χ3v) is 6.41. The molecule has 3 aromatic heterocycles. The minimum absolute atomic E-state index is 0.126. The van der Waals surface area contributed by atoms with Crippen LogP contribution < -0.4 is 4.74 Å². The van der Waals surface area contributed by atoms with Crippen molar-refractivity contribution >= 4 is 32.7 Å². The fourth-order valence-corrected chi connectivity index (χ4v) is 4.64. The molecule has 37 heavy (non-hydrogen) atoms. The first-order chi connectivity index (χ1) is 18.2. The molecule has 4 aromatic carbocycles. The average molecular weight is 481 g/mol. The molecule has 0 fully saturated rings. The summed E-state index contributed by atoms with van der Waals surface area (Å²) in [5.74, 6) is 1.60. The van der Waals surface area contributed by atoms with Gasteiger partial charge < -0.3 is 9.84 Å². The number of aromatic nitrogens is 4. The van der Waals surface area contributed by atoms with Gasteiger partial charge in [-0.15, -0.1) is 0 Å². The van der Waals surface area contributed by atoms with Gasteiger partial charge in [-0.05, 0) is 53.9 Å². The molecule has 0 aliphatic carbocycles. The van der Waals surface area contributed by atoms with E-state index in [1.807, 2.05) is 103 Å². The van der Waals surface area contributed by atoms with Crippen LogP contribution in [0.2, 0.25) is 0 Å². The molecule has 0 saturated carbocycles. The van der Waals surface area contributed by atoms with Crippen LogP contribution in [-0.4, -0.2) is 24.6 Å². The lowest BCUT2D eigenvalue weighted by molar-refractivity contribution is 0.422. The molecule has 0 aliphatic rings. The van der Waals surface area contributed by atoms with Gasteiger partial charge in [0, 0.05) is 16.3 Å². The predicted molar refractivity (Wildman–Crippen MR) is 145 cm³/mol. The van der Waals surface area contributed by atoms with Crippen LogP contribution in [0.3, 0.4) is 0 Å². The number of fused-ring (bicyclic) bond motifs is 3. The van der Waals surface area contributed by atoms with Crippen LogP contribution in [-0.2, 0) is 0 Å². The molecule has 0 radical (unpaired) electrons. The number of rotatable bonds is 4. The van der Waals surface area contributed by atoms with Crippen molar-refractivity contribution < 1.29 is 9.84 Å². The summed E-state index contributed by atoms with van der Waals surface area (Å²) in [5.41, 5.74) is 4.21. The molecule has 3 heterocycles. The number of aromatic hydroxyl groups is 1. The van der Waals surface area contributed by atoms with Crippen LogP contribution in [0.25, 0.3) is 49.8 Å². The molecule has 0 aliphatic heterocycles. The summed E-state index contributed by atoms with van der Waals surface area (Å²) >= 11 is 0. The van der Waals surface area contributed by atoms with E-state index in [-0.39, 0.29) is 6.01 Å². The van der Waals surface area contributed by atoms with Crippen LogP contribution in [0.5, 0.6) is 17.6 Å². The van der Waals surface area contributed by atoms with Gasteiger partial charge in [-0.1, -0.05) is 66.7 Å². The summed E-state index contributed by atoms with van der Waals surface area (Å²) in [6.07, 6.45) is 0. The van der Waals surface area contributed by atoms with E-state index in [1.54, 1.807) is 4.57 Å². The van der Waals surface area contributed by atoms with Crippen molar-refractivity contribution in [1.82, 2.24) is 19.5 Å². The molecule has 0 amide bonds. The van der Waals surface area contributed by atoms with Gasteiger partial charge in [0.2, 0.25) is 5.88 Å². The molecule has 0 saturated heterocycles. The number of benzene rings is 4. The number of imidazole rings is 1. The molecule has 7 rings (SSSR count). The highest BCUT2D eigenvalue weighted by Gasteiger charge is 2.16. The summed E-state index contributed by atoms with van der Waals surface area (Å²) in [6, 6.07) is 37.2. The summed E-state index contributed by atoms with van der Waals surface area (Å²) in [4.78, 5) is 13.9. The molecule has 6 heteroatoms. The lowest BCUT2D eigenvalue weighted by atomic mass is 10.1. The minimum Gasteiger partial charge on any atom is -0.480 e. The second kappa shape index (κ2) is 8.46. The van der Waals surface area contributed by atoms with E-state index in [9.17, 15) is 5.11 Å². The second-order valence-electron chi connectivity index (χ2n) is 8.76. The highest BCUT2D eigenvalue weighted by atomic mass is 16.5. The first-order valence-corrected chi connectivity index (χ1v) is 11.9. The van der Waals surface area contributed by atoms with Gasteiger partial charge in [0.05, 0.1) is 22.2 Å². The Kier molecular flexibility index (Phi) is 4.82. The molecular weight excluding hydrogens is 460 g/mol. The Morgan fingerprint density at radius 1 is 0.622 bits per heavy atom. The number of hydrogen-bond donors (Lipinski definition) is 1. The van der Waals surface area contributed by atoms with E-state index in [1.165, 1.54) is 0 Å². The van der Waals surface area contributed by atoms with Crippen molar-refractivity contribution in [2.75, 3.05) is 0 Å². The maximum absolute atomic E-state index is 10.6. The van der Waals surface area contributed by atoms with E-state index >= 15 is 0 Å². The largest absolute Gasteiger partial charge is 0.480 e. The van der Waals surface area contributed by atoms with Gasteiger partial charge in [-0.2, -0.15) is 9.97 Å². The Morgan fingerprint density at radius 3 is 2.32 bits per heavy atom. The summed E-state index contributed by atoms with van der Waals surface area (Å²) < 4.78 is 8.01. The highest BCUT2D eigenvalue weighted by molar-refractivity contribution is 5.89. The maximum atomic E-state index is 10.6. The molecule has 0 spiro atoms. The van der Waals surface area contributed by atoms with E-state index in [2.05, 4.69) is 17.1 Å². The number of pyridine rings is 2. The molecule has 0 unspecified atom stereocenters. The smallest absolute Gasteiger partial charge is 0.300 e. The van der Waals surface area contributed by atoms with E-state index in [4.69, 9.17) is 14.7 Å². The predicted octanol–water partition coefficient (Wildman–Crippen LogP) is 7.29. The average Bonchev–Trinajstić information content (AvgIpc) is 3.28. The first kappa shape index (κ1) is 21.1. The van der Waals surface area contributed by atoms with Crippen molar-refractivity contribution in [3.8, 4) is 34.7 Å². The van der Waals surface area contributed by atoms with Gasteiger partial charge in [0.15, 0.2) is 0 Å². The minimum atomic E-state index is -0.126. The zero-order valence-electron chi connectivity index (χ0n) is 19.6. The monoisotopic (exact) mass is 480 g/mol. The fourth-order valence-electron chi connectivity index (χ4n) is 4.64. The van der Waals surface area contributed by atoms with Crippen molar-refractivity contribution in [2.45, 2.75) is 0 Å². The van der Waals surface area contributed by atoms with E-state index in [0.29, 0.717) is 23.0 Å². The molecule has 0 atom stereocenters. The quantitative estimate of drug-likeness (QED) is 0.286. The van der Waals surface area contributed by atoms with Crippen LogP contribution in [0.1, 0.15) is 0 Å². The molecule has 1 N–H and O–H groups in total. The summed E-state index contributed by atoms with van der Waals surface area (Å²) in [5, 5.41) is 13.5. The number of nitrogens with zero attached hydrogens (tertiary/aromatic N) is 4. The Hall–Kier alpha value is -5.23. The standard InChI is InChI=1S/C31H20N4O2/c36-31-33-27-14-5-6-15-28(27)35(31)29-19-21-9-1-3-12-24(21)30(34-29)37-23-11-7-10-22(18-23)26-17-16-20-8-2-4-13-25(20)32-26/h1-19H,(H,33,36). The third-order valence-electron chi connectivity index (χ3n) is 6.41. The van der Waals surface area contributed by atoms with Gasteiger partial charge in [-0.25, -0.2) is 9.55 Å². The first-order valence-electron chi connectivity index (χ1n) is 11.9. The van der Waals surface area contributed by atoms with Crippen molar-refractivity contribution in [3.05, 3.63) is 115 Å². The maximum Gasteiger partial charge on any atom is 0.300 e. The van der Waals surface area contributed by atoms with Gasteiger partial charge >= 0.3 is 6.01 Å². The zero-order valence-corrected chi connectivity index (χ0v) is 19.6. The number of hydrogen-bond acceptors (Lipinski definition) is 5. The van der Waals surface area contributed by atoms with Crippen LogP contribution >= 0.6 is 0 Å².